The van der Waals surface area contributed by atoms with Crippen molar-refractivity contribution >= 4 is 21.7 Å². The molecule has 7 heteroatoms. The van der Waals surface area contributed by atoms with Gasteiger partial charge in [-0.15, -0.1) is 0 Å². The largest absolute Gasteiger partial charge is 0.399 e. The Hall–Kier alpha value is -1.31. The van der Waals surface area contributed by atoms with Gasteiger partial charge in [-0.3, -0.25) is 4.18 Å². The summed E-state index contributed by atoms with van der Waals surface area (Å²) < 4.78 is 28.9. The van der Waals surface area contributed by atoms with Crippen LogP contribution in [0.5, 0.6) is 0 Å². The zero-order valence-electron chi connectivity index (χ0n) is 11.5. The first-order chi connectivity index (χ1) is 8.89. The maximum atomic E-state index is 11.1. The van der Waals surface area contributed by atoms with E-state index in [4.69, 9.17) is 5.73 Å². The molecule has 19 heavy (non-hydrogen) atoms. The van der Waals surface area contributed by atoms with E-state index in [1.807, 2.05) is 32.0 Å². The SMILES string of the molecule is CCN(CCNS(=O)(=O)OC)c1ccc(N)c(C)c1. The van der Waals surface area contributed by atoms with E-state index in [2.05, 4.69) is 13.8 Å². The Bertz CT molecular complexity index is 517. The quantitative estimate of drug-likeness (QED) is 0.727. The van der Waals surface area contributed by atoms with Gasteiger partial charge in [-0.05, 0) is 37.6 Å². The second-order valence-electron chi connectivity index (χ2n) is 4.14. The van der Waals surface area contributed by atoms with Crippen LogP contribution in [0.25, 0.3) is 0 Å². The van der Waals surface area contributed by atoms with Gasteiger partial charge in [0.05, 0.1) is 7.11 Å². The van der Waals surface area contributed by atoms with Crippen LogP contribution in [0.2, 0.25) is 0 Å². The number of hydrogen-bond acceptors (Lipinski definition) is 5. The fraction of sp³-hybridized carbons (Fsp3) is 0.500. The van der Waals surface area contributed by atoms with E-state index in [1.54, 1.807) is 0 Å². The second kappa shape index (κ2) is 6.74. The number of likely N-dealkylation sites (N-methyl/N-ethyl adjacent to an activating group) is 1. The molecular formula is C12H21N3O3S. The van der Waals surface area contributed by atoms with Crippen LogP contribution >= 0.6 is 0 Å². The maximum absolute atomic E-state index is 11.1. The first-order valence-corrected chi connectivity index (χ1v) is 7.46. The first kappa shape index (κ1) is 15.7. The van der Waals surface area contributed by atoms with E-state index in [-0.39, 0.29) is 6.54 Å². The molecule has 1 aromatic carbocycles. The highest BCUT2D eigenvalue weighted by Crippen LogP contribution is 2.20. The molecule has 0 aliphatic rings. The standard InChI is InChI=1S/C12H21N3O3S/c1-4-15(8-7-14-19(16,17)18-3)11-5-6-12(13)10(2)9-11/h5-6,9,14H,4,7-8,13H2,1-3H3. The molecule has 0 aliphatic carbocycles. The molecule has 1 rings (SSSR count). The minimum Gasteiger partial charge on any atom is -0.399 e. The van der Waals surface area contributed by atoms with Gasteiger partial charge < -0.3 is 10.6 Å². The third kappa shape index (κ3) is 4.70. The zero-order chi connectivity index (χ0) is 14.5. The van der Waals surface area contributed by atoms with Crippen molar-refractivity contribution in [3.05, 3.63) is 23.8 Å². The molecule has 3 N–H and O–H groups in total. The number of benzene rings is 1. The Kier molecular flexibility index (Phi) is 5.59. The van der Waals surface area contributed by atoms with Crippen LogP contribution in [0.1, 0.15) is 12.5 Å². The summed E-state index contributed by atoms with van der Waals surface area (Å²) in [5.41, 5.74) is 8.56. The van der Waals surface area contributed by atoms with Gasteiger partial charge in [0, 0.05) is 31.0 Å². The summed E-state index contributed by atoms with van der Waals surface area (Å²) in [6.07, 6.45) is 0. The Morgan fingerprint density at radius 1 is 1.42 bits per heavy atom. The molecule has 6 nitrogen and oxygen atoms in total. The summed E-state index contributed by atoms with van der Waals surface area (Å²) in [5, 5.41) is 0. The van der Waals surface area contributed by atoms with Gasteiger partial charge >= 0.3 is 10.3 Å². The summed E-state index contributed by atoms with van der Waals surface area (Å²) in [4.78, 5) is 2.06. The molecule has 0 amide bonds. The highest BCUT2D eigenvalue weighted by molar-refractivity contribution is 7.84. The van der Waals surface area contributed by atoms with Crippen molar-refractivity contribution in [1.82, 2.24) is 4.72 Å². The van der Waals surface area contributed by atoms with Gasteiger partial charge in [0.15, 0.2) is 0 Å². The summed E-state index contributed by atoms with van der Waals surface area (Å²) in [6, 6.07) is 5.77. The number of hydrogen-bond donors (Lipinski definition) is 2. The Morgan fingerprint density at radius 3 is 2.63 bits per heavy atom. The molecule has 0 aromatic heterocycles. The minimum atomic E-state index is -3.62. The number of aryl methyl sites for hydroxylation is 1. The first-order valence-electron chi connectivity index (χ1n) is 6.06. The normalized spacial score (nSPS) is 11.5. The van der Waals surface area contributed by atoms with Crippen LogP contribution in [-0.4, -0.2) is 35.2 Å². The summed E-state index contributed by atoms with van der Waals surface area (Å²) >= 11 is 0. The van der Waals surface area contributed by atoms with Crippen molar-refractivity contribution in [2.75, 3.05) is 37.4 Å². The highest BCUT2D eigenvalue weighted by Gasteiger charge is 2.09. The minimum absolute atomic E-state index is 0.285. The Balaban J connectivity index is 2.66. The molecule has 0 radical (unpaired) electrons. The number of nitrogens with two attached hydrogens (primary N) is 1. The third-order valence-electron chi connectivity index (χ3n) is 2.88. The van der Waals surface area contributed by atoms with Crippen LogP contribution in [-0.2, 0) is 14.5 Å². The monoisotopic (exact) mass is 287 g/mol. The fourth-order valence-corrected chi connectivity index (χ4v) is 2.15. The Morgan fingerprint density at radius 2 is 2.11 bits per heavy atom. The molecule has 0 saturated heterocycles. The molecule has 0 spiro atoms. The van der Waals surface area contributed by atoms with Crippen LogP contribution in [0.4, 0.5) is 11.4 Å². The molecule has 0 atom stereocenters. The van der Waals surface area contributed by atoms with Crippen LogP contribution in [0.3, 0.4) is 0 Å². The lowest BCUT2D eigenvalue weighted by molar-refractivity contribution is 0.387. The van der Waals surface area contributed by atoms with Gasteiger partial charge in [-0.25, -0.2) is 0 Å². The molecule has 108 valence electrons. The average Bonchev–Trinajstić information content (AvgIpc) is 2.38. The predicted molar refractivity (Wildman–Crippen MR) is 77.4 cm³/mol. The summed E-state index contributed by atoms with van der Waals surface area (Å²) in [7, 11) is -2.49. The van der Waals surface area contributed by atoms with Crippen LogP contribution in [0.15, 0.2) is 18.2 Å². The van der Waals surface area contributed by atoms with Crippen molar-refractivity contribution in [2.45, 2.75) is 13.8 Å². The number of nitrogens with one attached hydrogen (secondary N) is 1. The molecule has 0 heterocycles. The molecule has 0 saturated carbocycles. The van der Waals surface area contributed by atoms with Crippen LogP contribution < -0.4 is 15.4 Å². The van der Waals surface area contributed by atoms with Gasteiger partial charge in [0.1, 0.15) is 0 Å². The summed E-state index contributed by atoms with van der Waals surface area (Å²) in [5.74, 6) is 0. The van der Waals surface area contributed by atoms with Gasteiger partial charge in [-0.2, -0.15) is 13.1 Å². The third-order valence-corrected chi connectivity index (χ3v) is 3.88. The molecule has 0 aliphatic heterocycles. The van der Waals surface area contributed by atoms with E-state index < -0.39 is 10.3 Å². The van der Waals surface area contributed by atoms with E-state index >= 15 is 0 Å². The van der Waals surface area contributed by atoms with Crippen molar-refractivity contribution < 1.29 is 12.6 Å². The van der Waals surface area contributed by atoms with Gasteiger partial charge in [0.2, 0.25) is 0 Å². The lowest BCUT2D eigenvalue weighted by Crippen LogP contribution is -2.35. The average molecular weight is 287 g/mol. The van der Waals surface area contributed by atoms with Gasteiger partial charge in [0.25, 0.3) is 0 Å². The van der Waals surface area contributed by atoms with E-state index in [0.29, 0.717) is 6.54 Å². The highest BCUT2D eigenvalue weighted by atomic mass is 32.2. The van der Waals surface area contributed by atoms with Crippen molar-refractivity contribution in [3.8, 4) is 0 Å². The lowest BCUT2D eigenvalue weighted by Gasteiger charge is -2.23. The van der Waals surface area contributed by atoms with Crippen molar-refractivity contribution in [2.24, 2.45) is 0 Å². The summed E-state index contributed by atoms with van der Waals surface area (Å²) in [6.45, 7) is 5.57. The lowest BCUT2D eigenvalue weighted by atomic mass is 10.1. The van der Waals surface area contributed by atoms with Crippen molar-refractivity contribution in [1.29, 1.82) is 0 Å². The van der Waals surface area contributed by atoms with E-state index in [1.165, 1.54) is 0 Å². The van der Waals surface area contributed by atoms with E-state index in [0.717, 1.165) is 30.6 Å². The van der Waals surface area contributed by atoms with Crippen LogP contribution in [0, 0.1) is 6.92 Å². The molecule has 0 fully saturated rings. The molecule has 1 aromatic rings. The number of rotatable bonds is 7. The predicted octanol–water partition coefficient (Wildman–Crippen LogP) is 0.884. The van der Waals surface area contributed by atoms with Crippen molar-refractivity contribution in [3.63, 3.8) is 0 Å². The number of nitrogen functional groups attached to an aromatic ring is 1. The zero-order valence-corrected chi connectivity index (χ0v) is 12.3. The molecule has 0 unspecified atom stereocenters. The van der Waals surface area contributed by atoms with Gasteiger partial charge in [-0.1, -0.05) is 0 Å². The Labute approximate surface area is 114 Å². The second-order valence-corrected chi connectivity index (χ2v) is 5.67. The number of anilines is 2. The number of nitrogens with zero attached hydrogens (tertiary/aromatic N) is 1. The fourth-order valence-electron chi connectivity index (χ4n) is 1.69. The topological polar surface area (TPSA) is 84.7 Å². The smallest absolute Gasteiger partial charge is 0.335 e. The van der Waals surface area contributed by atoms with E-state index in [9.17, 15) is 8.42 Å². The molecular weight excluding hydrogens is 266 g/mol. The maximum Gasteiger partial charge on any atom is 0.335 e. The molecule has 0 bridgehead atoms.